The monoisotopic (exact) mass is 442 g/mol. The lowest BCUT2D eigenvalue weighted by Gasteiger charge is -2.14. The molecule has 3 aromatic carbocycles. The molecule has 33 heavy (non-hydrogen) atoms. The van der Waals surface area contributed by atoms with Crippen LogP contribution in [0.2, 0.25) is 0 Å². The molecular weight excluding hydrogens is 424 g/mol. The van der Waals surface area contributed by atoms with Gasteiger partial charge in [0.1, 0.15) is 6.61 Å². The SMILES string of the molecule is O=C(NCC#Cc1ccc([N+](=O)[O-])cc1C(=O)O)OCC1c2ccccc2-c2ccccc21. The molecule has 0 bridgehead atoms. The number of nitro benzene ring substituents is 1. The average Bonchev–Trinajstić information content (AvgIpc) is 3.14. The largest absolute Gasteiger partial charge is 0.478 e. The molecule has 0 aliphatic heterocycles. The molecule has 0 radical (unpaired) electrons. The number of nitrogens with zero attached hydrogens (tertiary/aromatic N) is 1. The van der Waals surface area contributed by atoms with E-state index in [0.717, 1.165) is 28.3 Å². The van der Waals surface area contributed by atoms with E-state index < -0.39 is 17.0 Å². The zero-order chi connectivity index (χ0) is 23.4. The number of ether oxygens (including phenoxy) is 1. The van der Waals surface area contributed by atoms with Gasteiger partial charge in [0.15, 0.2) is 0 Å². The third-order valence-electron chi connectivity index (χ3n) is 5.33. The second-order valence-electron chi connectivity index (χ2n) is 7.27. The number of benzene rings is 3. The number of carboxylic acids is 1. The fourth-order valence-corrected chi connectivity index (χ4v) is 3.84. The van der Waals surface area contributed by atoms with E-state index in [-0.39, 0.29) is 35.9 Å². The fourth-order valence-electron chi connectivity index (χ4n) is 3.84. The minimum Gasteiger partial charge on any atom is -0.478 e. The number of carboxylic acid groups (broad SMARTS) is 1. The number of aromatic carboxylic acids is 1. The average molecular weight is 442 g/mol. The lowest BCUT2D eigenvalue weighted by molar-refractivity contribution is -0.384. The van der Waals surface area contributed by atoms with Crippen molar-refractivity contribution in [3.63, 3.8) is 0 Å². The van der Waals surface area contributed by atoms with E-state index in [1.165, 1.54) is 12.1 Å². The number of amides is 1. The van der Waals surface area contributed by atoms with Gasteiger partial charge in [-0.05, 0) is 28.3 Å². The first-order valence-electron chi connectivity index (χ1n) is 10.0. The number of alkyl carbamates (subject to hydrolysis) is 1. The fraction of sp³-hybridized carbons (Fsp3) is 0.120. The molecule has 1 aliphatic rings. The standard InChI is InChI=1S/C25H18N2O6/c28-24(29)22-14-17(27(31)32)12-11-16(22)6-5-13-26-25(30)33-15-23-20-9-3-1-7-18(20)19-8-2-4-10-21(19)23/h1-4,7-12,14,23H,13,15H2,(H,26,30)(H,28,29). The van der Waals surface area contributed by atoms with E-state index in [9.17, 15) is 24.8 Å². The van der Waals surface area contributed by atoms with Gasteiger partial charge in [-0.1, -0.05) is 60.4 Å². The van der Waals surface area contributed by atoms with Gasteiger partial charge in [-0.3, -0.25) is 10.1 Å². The van der Waals surface area contributed by atoms with Crippen molar-refractivity contribution in [2.45, 2.75) is 5.92 Å². The van der Waals surface area contributed by atoms with Crippen molar-refractivity contribution in [3.8, 4) is 23.0 Å². The van der Waals surface area contributed by atoms with Crippen LogP contribution in [0.4, 0.5) is 10.5 Å². The number of nitro groups is 1. The lowest BCUT2D eigenvalue weighted by atomic mass is 9.98. The molecule has 0 saturated heterocycles. The molecule has 0 unspecified atom stereocenters. The summed E-state index contributed by atoms with van der Waals surface area (Å²) in [6.45, 7) is 0.0888. The van der Waals surface area contributed by atoms with Crippen LogP contribution in [0.3, 0.4) is 0 Å². The maximum Gasteiger partial charge on any atom is 0.407 e. The van der Waals surface area contributed by atoms with Crippen LogP contribution in [-0.2, 0) is 4.74 Å². The van der Waals surface area contributed by atoms with E-state index in [1.807, 2.05) is 48.5 Å². The minimum absolute atomic E-state index is 0.0625. The minimum atomic E-state index is -1.33. The molecule has 8 nitrogen and oxygen atoms in total. The zero-order valence-electron chi connectivity index (χ0n) is 17.3. The molecule has 8 heteroatoms. The van der Waals surface area contributed by atoms with Crippen molar-refractivity contribution in [1.82, 2.24) is 5.32 Å². The van der Waals surface area contributed by atoms with Crippen LogP contribution < -0.4 is 5.32 Å². The Labute approximate surface area is 189 Å². The van der Waals surface area contributed by atoms with Gasteiger partial charge in [-0.2, -0.15) is 0 Å². The quantitative estimate of drug-likeness (QED) is 0.348. The Morgan fingerprint density at radius 1 is 1.03 bits per heavy atom. The highest BCUT2D eigenvalue weighted by Gasteiger charge is 2.28. The van der Waals surface area contributed by atoms with Crippen molar-refractivity contribution in [1.29, 1.82) is 0 Å². The van der Waals surface area contributed by atoms with E-state index >= 15 is 0 Å². The number of nitrogens with one attached hydrogen (secondary N) is 1. The summed E-state index contributed by atoms with van der Waals surface area (Å²) >= 11 is 0. The predicted octanol–water partition coefficient (Wildman–Crippen LogP) is 4.18. The number of fused-ring (bicyclic) bond motifs is 3. The number of rotatable bonds is 5. The Morgan fingerprint density at radius 3 is 2.27 bits per heavy atom. The highest BCUT2D eigenvalue weighted by molar-refractivity contribution is 5.91. The van der Waals surface area contributed by atoms with E-state index in [2.05, 4.69) is 17.2 Å². The van der Waals surface area contributed by atoms with Crippen LogP contribution in [0.25, 0.3) is 11.1 Å². The summed E-state index contributed by atoms with van der Waals surface area (Å²) < 4.78 is 5.41. The Balaban J connectivity index is 1.37. The Kier molecular flexibility index (Phi) is 6.04. The van der Waals surface area contributed by atoms with E-state index in [0.29, 0.717) is 0 Å². The third-order valence-corrected chi connectivity index (χ3v) is 5.33. The van der Waals surface area contributed by atoms with Gasteiger partial charge < -0.3 is 15.2 Å². The second-order valence-corrected chi connectivity index (χ2v) is 7.27. The van der Waals surface area contributed by atoms with Gasteiger partial charge in [0.05, 0.1) is 17.0 Å². The first-order chi connectivity index (χ1) is 16.0. The van der Waals surface area contributed by atoms with Crippen molar-refractivity contribution in [2.24, 2.45) is 0 Å². The number of hydrogen-bond acceptors (Lipinski definition) is 5. The summed E-state index contributed by atoms with van der Waals surface area (Å²) in [6, 6.07) is 19.4. The van der Waals surface area contributed by atoms with Crippen molar-refractivity contribution in [3.05, 3.63) is 99.1 Å². The van der Waals surface area contributed by atoms with Crippen LogP contribution in [0.1, 0.15) is 33.0 Å². The summed E-state index contributed by atoms with van der Waals surface area (Å²) in [4.78, 5) is 33.7. The Bertz CT molecular complexity index is 1280. The van der Waals surface area contributed by atoms with Gasteiger partial charge in [0.25, 0.3) is 5.69 Å². The molecule has 0 aromatic heterocycles. The summed E-state index contributed by atoms with van der Waals surface area (Å²) in [7, 11) is 0. The first kappa shape index (κ1) is 21.6. The first-order valence-corrected chi connectivity index (χ1v) is 10.0. The zero-order valence-corrected chi connectivity index (χ0v) is 17.3. The number of hydrogen-bond donors (Lipinski definition) is 2. The molecular formula is C25H18N2O6. The molecule has 3 aromatic rings. The summed E-state index contributed by atoms with van der Waals surface area (Å²) in [6.07, 6.45) is -0.645. The van der Waals surface area contributed by atoms with E-state index in [4.69, 9.17) is 4.74 Å². The number of carbonyl (C=O) groups excluding carboxylic acids is 1. The van der Waals surface area contributed by atoms with Crippen LogP contribution in [0.5, 0.6) is 0 Å². The molecule has 164 valence electrons. The molecule has 0 saturated carbocycles. The molecule has 0 heterocycles. The van der Waals surface area contributed by atoms with Gasteiger partial charge in [0.2, 0.25) is 0 Å². The summed E-state index contributed by atoms with van der Waals surface area (Å²) in [5.74, 6) is 3.87. The van der Waals surface area contributed by atoms with Crippen LogP contribution in [0.15, 0.2) is 66.7 Å². The highest BCUT2D eigenvalue weighted by atomic mass is 16.6. The number of carbonyl (C=O) groups is 2. The lowest BCUT2D eigenvalue weighted by Crippen LogP contribution is -2.26. The molecule has 0 fully saturated rings. The van der Waals surface area contributed by atoms with E-state index in [1.54, 1.807) is 0 Å². The van der Waals surface area contributed by atoms with Crippen LogP contribution in [0, 0.1) is 22.0 Å². The normalized spacial score (nSPS) is 11.5. The van der Waals surface area contributed by atoms with Crippen molar-refractivity contribution in [2.75, 3.05) is 13.2 Å². The Morgan fingerprint density at radius 2 is 1.67 bits per heavy atom. The molecule has 1 amide bonds. The maximum absolute atomic E-state index is 12.2. The second kappa shape index (κ2) is 9.24. The van der Waals surface area contributed by atoms with Crippen molar-refractivity contribution >= 4 is 17.7 Å². The summed E-state index contributed by atoms with van der Waals surface area (Å²) in [5.41, 5.74) is 3.96. The highest BCUT2D eigenvalue weighted by Crippen LogP contribution is 2.44. The molecule has 2 N–H and O–H groups in total. The van der Waals surface area contributed by atoms with Gasteiger partial charge in [0, 0.05) is 23.6 Å². The number of non-ortho nitro benzene ring substituents is 1. The van der Waals surface area contributed by atoms with Gasteiger partial charge in [-0.25, -0.2) is 9.59 Å². The molecule has 1 aliphatic carbocycles. The van der Waals surface area contributed by atoms with Crippen LogP contribution >= 0.6 is 0 Å². The maximum atomic E-state index is 12.2. The summed E-state index contributed by atoms with van der Waals surface area (Å²) in [5, 5.41) is 22.6. The predicted molar refractivity (Wildman–Crippen MR) is 120 cm³/mol. The smallest absolute Gasteiger partial charge is 0.407 e. The molecule has 0 atom stereocenters. The molecule has 4 rings (SSSR count). The van der Waals surface area contributed by atoms with Crippen molar-refractivity contribution < 1.29 is 24.4 Å². The molecule has 0 spiro atoms. The topological polar surface area (TPSA) is 119 Å². The van der Waals surface area contributed by atoms with Gasteiger partial charge >= 0.3 is 12.1 Å². The third kappa shape index (κ3) is 4.52. The van der Waals surface area contributed by atoms with Crippen LogP contribution in [-0.4, -0.2) is 35.2 Å². The Hall–Kier alpha value is -4.64. The van der Waals surface area contributed by atoms with Gasteiger partial charge in [-0.15, -0.1) is 0 Å².